The van der Waals surface area contributed by atoms with E-state index < -0.39 is 0 Å². The van der Waals surface area contributed by atoms with Gasteiger partial charge < -0.3 is 5.73 Å². The maximum absolute atomic E-state index is 6.36. The first-order chi connectivity index (χ1) is 9.11. The Hall–Kier alpha value is -0.800. The van der Waals surface area contributed by atoms with Crippen molar-refractivity contribution >= 4 is 11.6 Å². The number of hydrogen-bond acceptors (Lipinski definition) is 2. The lowest BCUT2D eigenvalue weighted by Gasteiger charge is -2.17. The van der Waals surface area contributed by atoms with Gasteiger partial charge in [0.05, 0.1) is 16.4 Å². The van der Waals surface area contributed by atoms with Gasteiger partial charge in [-0.3, -0.25) is 4.68 Å². The second kappa shape index (κ2) is 6.58. The summed E-state index contributed by atoms with van der Waals surface area (Å²) in [5.41, 5.74) is 9.85. The van der Waals surface area contributed by atoms with Crippen molar-refractivity contribution in [2.24, 2.45) is 12.8 Å². The van der Waals surface area contributed by atoms with Gasteiger partial charge in [0.1, 0.15) is 0 Å². The molecule has 1 heterocycles. The molecule has 0 spiro atoms. The fourth-order valence-corrected chi connectivity index (χ4v) is 3.16. The van der Waals surface area contributed by atoms with Gasteiger partial charge in [-0.05, 0) is 38.5 Å². The van der Waals surface area contributed by atoms with Gasteiger partial charge in [-0.15, -0.1) is 0 Å². The lowest BCUT2D eigenvalue weighted by Crippen LogP contribution is -2.25. The van der Waals surface area contributed by atoms with Crippen LogP contribution in [0.25, 0.3) is 0 Å². The fourth-order valence-electron chi connectivity index (χ4n) is 2.79. The van der Waals surface area contributed by atoms with Crippen LogP contribution in [0, 0.1) is 0 Å². The summed E-state index contributed by atoms with van der Waals surface area (Å²) in [5, 5.41) is 5.25. The van der Waals surface area contributed by atoms with E-state index in [0.717, 1.165) is 35.7 Å². The van der Waals surface area contributed by atoms with E-state index in [1.54, 1.807) is 0 Å². The number of nitrogens with two attached hydrogens (primary N) is 1. The number of allylic oxidation sites excluding steroid dienone is 1. The van der Waals surface area contributed by atoms with Crippen LogP contribution in [0.3, 0.4) is 0 Å². The molecule has 1 aliphatic rings. The van der Waals surface area contributed by atoms with Crippen LogP contribution in [0.4, 0.5) is 0 Å². The first-order valence-corrected chi connectivity index (χ1v) is 7.63. The minimum atomic E-state index is 0.141. The first kappa shape index (κ1) is 14.6. The molecule has 1 unspecified atom stereocenters. The van der Waals surface area contributed by atoms with E-state index >= 15 is 0 Å². The van der Waals surface area contributed by atoms with Crippen LogP contribution < -0.4 is 5.73 Å². The second-order valence-corrected chi connectivity index (χ2v) is 5.84. The maximum atomic E-state index is 6.36. The molecule has 4 heteroatoms. The van der Waals surface area contributed by atoms with E-state index in [9.17, 15) is 0 Å². The SMILES string of the molecule is CCc1nn(C)c(CC(N)CC2=CCCCC2)c1Cl. The highest BCUT2D eigenvalue weighted by Gasteiger charge is 2.17. The largest absolute Gasteiger partial charge is 0.327 e. The van der Waals surface area contributed by atoms with E-state index in [0.29, 0.717) is 0 Å². The summed E-state index contributed by atoms with van der Waals surface area (Å²) in [6, 6.07) is 0.141. The molecule has 0 fully saturated rings. The molecule has 2 N–H and O–H groups in total. The number of aromatic nitrogens is 2. The Balaban J connectivity index is 2.00. The minimum Gasteiger partial charge on any atom is -0.327 e. The normalized spacial score (nSPS) is 17.4. The molecule has 1 aromatic heterocycles. The summed E-state index contributed by atoms with van der Waals surface area (Å²) < 4.78 is 1.89. The summed E-state index contributed by atoms with van der Waals surface area (Å²) in [5.74, 6) is 0. The average Bonchev–Trinajstić information content (AvgIpc) is 2.67. The summed E-state index contributed by atoms with van der Waals surface area (Å²) in [6.45, 7) is 2.07. The van der Waals surface area contributed by atoms with Crippen molar-refractivity contribution in [2.45, 2.75) is 57.9 Å². The molecule has 106 valence electrons. The molecule has 0 aliphatic heterocycles. The van der Waals surface area contributed by atoms with Crippen LogP contribution in [0.1, 0.15) is 50.4 Å². The highest BCUT2D eigenvalue weighted by Crippen LogP contribution is 2.25. The standard InChI is InChI=1S/C15H24ClN3/c1-3-13-15(16)14(19(2)18-13)10-12(17)9-11-7-5-4-6-8-11/h7,12H,3-6,8-10,17H2,1-2H3. The van der Waals surface area contributed by atoms with Gasteiger partial charge in [0.25, 0.3) is 0 Å². The minimum absolute atomic E-state index is 0.141. The summed E-state index contributed by atoms with van der Waals surface area (Å²) in [7, 11) is 1.95. The van der Waals surface area contributed by atoms with Gasteiger partial charge in [0, 0.05) is 19.5 Å². The first-order valence-electron chi connectivity index (χ1n) is 7.25. The van der Waals surface area contributed by atoms with Gasteiger partial charge in [0.15, 0.2) is 0 Å². The van der Waals surface area contributed by atoms with Crippen LogP contribution >= 0.6 is 11.6 Å². The lowest BCUT2D eigenvalue weighted by atomic mass is 9.93. The lowest BCUT2D eigenvalue weighted by molar-refractivity contribution is 0.581. The maximum Gasteiger partial charge on any atom is 0.0850 e. The smallest absolute Gasteiger partial charge is 0.0850 e. The Bertz CT molecular complexity index is 462. The van der Waals surface area contributed by atoms with E-state index in [1.807, 2.05) is 11.7 Å². The number of aryl methyl sites for hydroxylation is 2. The Morgan fingerprint density at radius 2 is 2.21 bits per heavy atom. The monoisotopic (exact) mass is 281 g/mol. The van der Waals surface area contributed by atoms with E-state index in [4.69, 9.17) is 17.3 Å². The van der Waals surface area contributed by atoms with Crippen LogP contribution in [0.15, 0.2) is 11.6 Å². The van der Waals surface area contributed by atoms with Crippen LogP contribution in [0.5, 0.6) is 0 Å². The molecule has 1 aromatic rings. The molecule has 0 radical (unpaired) electrons. The average molecular weight is 282 g/mol. The van der Waals surface area contributed by atoms with Gasteiger partial charge in [-0.25, -0.2) is 0 Å². The van der Waals surface area contributed by atoms with Crippen molar-refractivity contribution in [3.8, 4) is 0 Å². The van der Waals surface area contributed by atoms with Crippen molar-refractivity contribution in [1.29, 1.82) is 0 Å². The van der Waals surface area contributed by atoms with Crippen LogP contribution in [-0.4, -0.2) is 15.8 Å². The zero-order valence-electron chi connectivity index (χ0n) is 12.0. The summed E-state index contributed by atoms with van der Waals surface area (Å²) in [4.78, 5) is 0. The predicted octanol–water partition coefficient (Wildman–Crippen LogP) is 3.40. The van der Waals surface area contributed by atoms with Crippen molar-refractivity contribution in [1.82, 2.24) is 9.78 Å². The Morgan fingerprint density at radius 3 is 2.79 bits per heavy atom. The summed E-state index contributed by atoms with van der Waals surface area (Å²) in [6.07, 6.45) is 10.1. The quantitative estimate of drug-likeness (QED) is 0.841. The fraction of sp³-hybridized carbons (Fsp3) is 0.667. The highest BCUT2D eigenvalue weighted by molar-refractivity contribution is 6.31. The molecular formula is C15H24ClN3. The zero-order valence-corrected chi connectivity index (χ0v) is 12.7. The van der Waals surface area contributed by atoms with Crippen molar-refractivity contribution < 1.29 is 0 Å². The molecule has 1 atom stereocenters. The molecule has 0 amide bonds. The van der Waals surface area contributed by atoms with Gasteiger partial charge in [-0.1, -0.05) is 30.2 Å². The Kier molecular flexibility index (Phi) is 5.06. The van der Waals surface area contributed by atoms with Crippen molar-refractivity contribution in [3.05, 3.63) is 28.1 Å². The molecule has 19 heavy (non-hydrogen) atoms. The number of hydrogen-bond donors (Lipinski definition) is 1. The molecule has 1 aliphatic carbocycles. The number of nitrogens with zero attached hydrogens (tertiary/aromatic N) is 2. The van der Waals surface area contributed by atoms with Gasteiger partial charge >= 0.3 is 0 Å². The van der Waals surface area contributed by atoms with Crippen LogP contribution in [-0.2, 0) is 19.9 Å². The predicted molar refractivity (Wildman–Crippen MR) is 80.4 cm³/mol. The molecule has 0 saturated heterocycles. The van der Waals surface area contributed by atoms with Crippen molar-refractivity contribution in [3.63, 3.8) is 0 Å². The molecule has 2 rings (SSSR count). The molecular weight excluding hydrogens is 258 g/mol. The second-order valence-electron chi connectivity index (χ2n) is 5.46. The highest BCUT2D eigenvalue weighted by atomic mass is 35.5. The molecule has 0 aromatic carbocycles. The third kappa shape index (κ3) is 3.61. The van der Waals surface area contributed by atoms with E-state index in [1.165, 1.54) is 31.3 Å². The van der Waals surface area contributed by atoms with Gasteiger partial charge in [0.2, 0.25) is 0 Å². The van der Waals surface area contributed by atoms with Gasteiger partial charge in [-0.2, -0.15) is 5.10 Å². The van der Waals surface area contributed by atoms with Crippen LogP contribution in [0.2, 0.25) is 5.02 Å². The topological polar surface area (TPSA) is 43.8 Å². The zero-order chi connectivity index (χ0) is 13.8. The third-order valence-corrected chi connectivity index (χ3v) is 4.30. The summed E-state index contributed by atoms with van der Waals surface area (Å²) >= 11 is 6.36. The van der Waals surface area contributed by atoms with E-state index in [-0.39, 0.29) is 6.04 Å². The number of halogens is 1. The van der Waals surface area contributed by atoms with E-state index in [2.05, 4.69) is 18.1 Å². The molecule has 0 saturated carbocycles. The van der Waals surface area contributed by atoms with Crippen molar-refractivity contribution in [2.75, 3.05) is 0 Å². The number of rotatable bonds is 5. The molecule has 0 bridgehead atoms. The molecule has 3 nitrogen and oxygen atoms in total. The Labute approximate surface area is 120 Å². The third-order valence-electron chi connectivity index (χ3n) is 3.87. The Morgan fingerprint density at radius 1 is 1.42 bits per heavy atom.